The molecule has 1 aromatic heterocycles. The molecule has 6 heteroatoms. The number of hydrogen-bond donors (Lipinski definition) is 0. The second-order valence-corrected chi connectivity index (χ2v) is 5.61. The van der Waals surface area contributed by atoms with Crippen molar-refractivity contribution in [3.8, 4) is 0 Å². The Labute approximate surface area is 123 Å². The van der Waals surface area contributed by atoms with E-state index in [1.807, 2.05) is 11.0 Å². The van der Waals surface area contributed by atoms with E-state index in [2.05, 4.69) is 9.88 Å². The number of carbonyl (C=O) groups excluding carboxylic acids is 1. The maximum atomic E-state index is 12.3. The molecule has 2 fully saturated rings. The highest BCUT2D eigenvalue weighted by molar-refractivity contribution is 6.33. The van der Waals surface area contributed by atoms with E-state index >= 15 is 0 Å². The van der Waals surface area contributed by atoms with E-state index < -0.39 is 0 Å². The highest BCUT2D eigenvalue weighted by atomic mass is 35.5. The van der Waals surface area contributed by atoms with Crippen LogP contribution in [-0.2, 0) is 9.53 Å². The van der Waals surface area contributed by atoms with Crippen molar-refractivity contribution >= 4 is 23.2 Å². The second kappa shape index (κ2) is 5.97. The van der Waals surface area contributed by atoms with E-state index in [9.17, 15) is 4.79 Å². The van der Waals surface area contributed by atoms with Crippen LogP contribution in [0.1, 0.15) is 6.42 Å². The predicted molar refractivity (Wildman–Crippen MR) is 77.0 cm³/mol. The lowest BCUT2D eigenvalue weighted by atomic mass is 10.1. The quantitative estimate of drug-likeness (QED) is 0.828. The normalized spacial score (nSPS) is 23.1. The van der Waals surface area contributed by atoms with Crippen molar-refractivity contribution in [2.24, 2.45) is 5.92 Å². The number of ether oxygens (including phenoxy) is 1. The van der Waals surface area contributed by atoms with Crippen molar-refractivity contribution in [1.82, 2.24) is 9.88 Å². The monoisotopic (exact) mass is 295 g/mol. The lowest BCUT2D eigenvalue weighted by molar-refractivity contribution is -0.135. The van der Waals surface area contributed by atoms with Crippen LogP contribution in [0.2, 0.25) is 5.02 Å². The van der Waals surface area contributed by atoms with Gasteiger partial charge in [0.05, 0.1) is 23.2 Å². The van der Waals surface area contributed by atoms with Gasteiger partial charge in [0, 0.05) is 45.2 Å². The minimum atomic E-state index is 0.0612. The summed E-state index contributed by atoms with van der Waals surface area (Å²) >= 11 is 6.16. The fourth-order valence-electron chi connectivity index (χ4n) is 2.78. The molecule has 3 heterocycles. The Morgan fingerprint density at radius 2 is 2.15 bits per heavy atom. The van der Waals surface area contributed by atoms with E-state index in [0.29, 0.717) is 18.2 Å². The Kier molecular flexibility index (Phi) is 4.08. The number of hydrogen-bond acceptors (Lipinski definition) is 4. The first-order chi connectivity index (χ1) is 9.75. The molecule has 5 nitrogen and oxygen atoms in total. The summed E-state index contributed by atoms with van der Waals surface area (Å²) in [6.07, 6.45) is 4.26. The van der Waals surface area contributed by atoms with E-state index in [-0.39, 0.29) is 11.8 Å². The van der Waals surface area contributed by atoms with E-state index in [1.165, 1.54) is 0 Å². The summed E-state index contributed by atoms with van der Waals surface area (Å²) in [5.41, 5.74) is 0.998. The highest BCUT2D eigenvalue weighted by Gasteiger charge is 2.30. The number of anilines is 1. The Morgan fingerprint density at radius 3 is 2.80 bits per heavy atom. The standard InChI is InChI=1S/C14H18ClN3O2/c15-12-9-16-3-1-13(12)17-4-6-18(7-5-17)14(19)11-2-8-20-10-11/h1,3,9,11H,2,4-8,10H2/t11-/m1/s1. The van der Waals surface area contributed by atoms with Gasteiger partial charge in [-0.2, -0.15) is 0 Å². The molecule has 0 saturated carbocycles. The van der Waals surface area contributed by atoms with Crippen LogP contribution in [0, 0.1) is 5.92 Å². The van der Waals surface area contributed by atoms with Gasteiger partial charge in [-0.3, -0.25) is 9.78 Å². The Bertz CT molecular complexity index is 483. The molecule has 0 unspecified atom stereocenters. The fourth-order valence-corrected chi connectivity index (χ4v) is 3.02. The van der Waals surface area contributed by atoms with Gasteiger partial charge in [-0.1, -0.05) is 11.6 Å². The van der Waals surface area contributed by atoms with E-state index in [1.54, 1.807) is 12.4 Å². The zero-order chi connectivity index (χ0) is 13.9. The topological polar surface area (TPSA) is 45.7 Å². The van der Waals surface area contributed by atoms with Crippen molar-refractivity contribution in [3.05, 3.63) is 23.5 Å². The Balaban J connectivity index is 1.59. The third kappa shape index (κ3) is 2.74. The number of nitrogens with zero attached hydrogens (tertiary/aromatic N) is 3. The predicted octanol–water partition coefficient (Wildman–Crippen LogP) is 1.42. The molecule has 0 radical (unpaired) electrons. The van der Waals surface area contributed by atoms with Crippen molar-refractivity contribution in [1.29, 1.82) is 0 Å². The Hall–Kier alpha value is -1.33. The van der Waals surface area contributed by atoms with Gasteiger partial charge in [-0.25, -0.2) is 0 Å². The summed E-state index contributed by atoms with van der Waals surface area (Å²) in [4.78, 5) is 20.5. The van der Waals surface area contributed by atoms with Gasteiger partial charge in [0.15, 0.2) is 0 Å². The largest absolute Gasteiger partial charge is 0.381 e. The molecule has 108 valence electrons. The minimum Gasteiger partial charge on any atom is -0.381 e. The van der Waals surface area contributed by atoms with Crippen LogP contribution in [0.25, 0.3) is 0 Å². The number of halogens is 1. The summed E-state index contributed by atoms with van der Waals surface area (Å²) in [5, 5.41) is 0.663. The van der Waals surface area contributed by atoms with Gasteiger partial charge in [0.2, 0.25) is 5.91 Å². The van der Waals surface area contributed by atoms with Crippen LogP contribution in [0.4, 0.5) is 5.69 Å². The molecular formula is C14H18ClN3O2. The van der Waals surface area contributed by atoms with Gasteiger partial charge in [0.1, 0.15) is 0 Å². The van der Waals surface area contributed by atoms with Crippen LogP contribution in [0.5, 0.6) is 0 Å². The van der Waals surface area contributed by atoms with E-state index in [4.69, 9.17) is 16.3 Å². The first-order valence-electron chi connectivity index (χ1n) is 6.96. The smallest absolute Gasteiger partial charge is 0.228 e. The number of rotatable bonds is 2. The molecule has 2 aliphatic heterocycles. The average molecular weight is 296 g/mol. The molecule has 2 aliphatic rings. The maximum absolute atomic E-state index is 12.3. The van der Waals surface area contributed by atoms with Crippen LogP contribution in [0.3, 0.4) is 0 Å². The maximum Gasteiger partial charge on any atom is 0.228 e. The molecule has 3 rings (SSSR count). The zero-order valence-corrected chi connectivity index (χ0v) is 12.1. The first-order valence-corrected chi connectivity index (χ1v) is 7.34. The minimum absolute atomic E-state index is 0.0612. The SMILES string of the molecule is O=C([C@@H]1CCOC1)N1CCN(c2ccncc2Cl)CC1. The summed E-state index contributed by atoms with van der Waals surface area (Å²) in [7, 11) is 0. The van der Waals surface area contributed by atoms with Crippen molar-refractivity contribution in [2.45, 2.75) is 6.42 Å². The molecule has 1 aromatic rings. The van der Waals surface area contributed by atoms with E-state index in [0.717, 1.165) is 38.3 Å². The fraction of sp³-hybridized carbons (Fsp3) is 0.571. The number of amides is 1. The summed E-state index contributed by atoms with van der Waals surface area (Å²) in [5.74, 6) is 0.300. The van der Waals surface area contributed by atoms with Crippen LogP contribution >= 0.6 is 11.6 Å². The lowest BCUT2D eigenvalue weighted by Gasteiger charge is -2.37. The van der Waals surface area contributed by atoms with Crippen LogP contribution in [0.15, 0.2) is 18.5 Å². The van der Waals surface area contributed by atoms with Crippen molar-refractivity contribution in [3.63, 3.8) is 0 Å². The third-order valence-corrected chi connectivity index (χ3v) is 4.25. The molecule has 0 bridgehead atoms. The highest BCUT2D eigenvalue weighted by Crippen LogP contribution is 2.25. The molecule has 20 heavy (non-hydrogen) atoms. The molecule has 1 atom stereocenters. The Morgan fingerprint density at radius 1 is 1.35 bits per heavy atom. The lowest BCUT2D eigenvalue weighted by Crippen LogP contribution is -2.50. The molecule has 0 N–H and O–H groups in total. The summed E-state index contributed by atoms with van der Waals surface area (Å²) in [6, 6.07) is 1.92. The number of pyridine rings is 1. The van der Waals surface area contributed by atoms with Gasteiger partial charge < -0.3 is 14.5 Å². The second-order valence-electron chi connectivity index (χ2n) is 5.20. The molecule has 2 saturated heterocycles. The molecule has 1 amide bonds. The summed E-state index contributed by atoms with van der Waals surface area (Å²) < 4.78 is 5.29. The van der Waals surface area contributed by atoms with Crippen LogP contribution in [-0.4, -0.2) is 55.2 Å². The van der Waals surface area contributed by atoms with Crippen molar-refractivity contribution < 1.29 is 9.53 Å². The summed E-state index contributed by atoms with van der Waals surface area (Å²) in [6.45, 7) is 4.40. The first kappa shape index (κ1) is 13.6. The van der Waals surface area contributed by atoms with Crippen molar-refractivity contribution in [2.75, 3.05) is 44.3 Å². The zero-order valence-electron chi connectivity index (χ0n) is 11.3. The average Bonchev–Trinajstić information content (AvgIpc) is 3.01. The molecule has 0 aliphatic carbocycles. The van der Waals surface area contributed by atoms with Gasteiger partial charge in [-0.15, -0.1) is 0 Å². The number of aromatic nitrogens is 1. The number of piperazine rings is 1. The van der Waals surface area contributed by atoms with Gasteiger partial charge >= 0.3 is 0 Å². The molecular weight excluding hydrogens is 278 g/mol. The van der Waals surface area contributed by atoms with Gasteiger partial charge in [0.25, 0.3) is 0 Å². The van der Waals surface area contributed by atoms with Gasteiger partial charge in [-0.05, 0) is 12.5 Å². The third-order valence-electron chi connectivity index (χ3n) is 3.96. The molecule has 0 spiro atoms. The van der Waals surface area contributed by atoms with Crippen LogP contribution < -0.4 is 4.90 Å². The number of carbonyl (C=O) groups is 1. The molecule has 0 aromatic carbocycles.